The summed E-state index contributed by atoms with van der Waals surface area (Å²) in [6.07, 6.45) is 0. The van der Waals surface area contributed by atoms with Gasteiger partial charge in [0, 0.05) is 0 Å². The van der Waals surface area contributed by atoms with Gasteiger partial charge in [-0.25, -0.2) is 0 Å². The Kier molecular flexibility index (Phi) is 2.22. The van der Waals surface area contributed by atoms with E-state index < -0.39 is 11.4 Å². The molecule has 0 aromatic carbocycles. The van der Waals surface area contributed by atoms with E-state index in [1.165, 1.54) is 0 Å². The second kappa shape index (κ2) is 2.25. The Morgan fingerprint density at radius 1 is 0.889 bits per heavy atom. The Hall–Kier alpha value is -0.120. The Bertz CT molecular complexity index is 76.2. The van der Waals surface area contributed by atoms with Crippen molar-refractivity contribution in [3.63, 3.8) is 0 Å². The van der Waals surface area contributed by atoms with Gasteiger partial charge >= 0.3 is 0 Å². The van der Waals surface area contributed by atoms with E-state index in [0.29, 0.717) is 0 Å². The van der Waals surface area contributed by atoms with Crippen LogP contribution in [0.3, 0.4) is 0 Å². The summed E-state index contributed by atoms with van der Waals surface area (Å²) >= 11 is 0. The SMILES string of the molecule is CC(C)(N)OC(C)(C)N. The normalized spacial score (nSPS) is 14.0. The maximum atomic E-state index is 5.52. The molecule has 0 radical (unpaired) electrons. The van der Waals surface area contributed by atoms with Crippen molar-refractivity contribution in [2.24, 2.45) is 11.5 Å². The average molecular weight is 132 g/mol. The maximum absolute atomic E-state index is 5.52. The molecule has 0 saturated carbocycles. The van der Waals surface area contributed by atoms with Crippen molar-refractivity contribution in [1.82, 2.24) is 0 Å². The first-order valence-electron chi connectivity index (χ1n) is 2.99. The van der Waals surface area contributed by atoms with Gasteiger partial charge in [0.2, 0.25) is 0 Å². The molecule has 0 spiro atoms. The minimum Gasteiger partial charge on any atom is -0.342 e. The second-order valence-corrected chi connectivity index (χ2v) is 3.31. The lowest BCUT2D eigenvalue weighted by atomic mass is 10.3. The zero-order valence-electron chi connectivity index (χ0n) is 6.56. The molecule has 0 rings (SSSR count). The molecule has 3 nitrogen and oxygen atoms in total. The molecule has 0 saturated heterocycles. The highest BCUT2D eigenvalue weighted by Crippen LogP contribution is 2.09. The van der Waals surface area contributed by atoms with Crippen LogP contribution >= 0.6 is 0 Å². The first-order chi connectivity index (χ1) is 3.71. The van der Waals surface area contributed by atoms with E-state index in [9.17, 15) is 0 Å². The summed E-state index contributed by atoms with van der Waals surface area (Å²) in [4.78, 5) is 0. The molecule has 0 aromatic heterocycles. The van der Waals surface area contributed by atoms with Crippen LogP contribution in [0.5, 0.6) is 0 Å². The van der Waals surface area contributed by atoms with Gasteiger partial charge in [-0.3, -0.25) is 0 Å². The number of ether oxygens (including phenoxy) is 1. The van der Waals surface area contributed by atoms with Gasteiger partial charge in [-0.1, -0.05) is 0 Å². The predicted octanol–water partition coefficient (Wildman–Crippen LogP) is 0.393. The molecule has 0 aliphatic carbocycles. The van der Waals surface area contributed by atoms with Crippen LogP contribution in [0.15, 0.2) is 0 Å². The summed E-state index contributed by atoms with van der Waals surface area (Å²) in [5, 5.41) is 0. The summed E-state index contributed by atoms with van der Waals surface area (Å²) < 4.78 is 5.18. The largest absolute Gasteiger partial charge is 0.342 e. The number of hydrogen-bond donors (Lipinski definition) is 2. The molecule has 4 N–H and O–H groups in total. The van der Waals surface area contributed by atoms with Gasteiger partial charge in [-0.15, -0.1) is 0 Å². The highest BCUT2D eigenvalue weighted by Gasteiger charge is 2.20. The molecule has 0 heterocycles. The maximum Gasteiger partial charge on any atom is 0.113 e. The molecule has 56 valence electrons. The van der Waals surface area contributed by atoms with Gasteiger partial charge in [0.05, 0.1) is 0 Å². The average Bonchev–Trinajstić information content (AvgIpc) is 1.14. The third kappa shape index (κ3) is 7.88. The van der Waals surface area contributed by atoms with Crippen molar-refractivity contribution in [2.75, 3.05) is 0 Å². The lowest BCUT2D eigenvalue weighted by Crippen LogP contribution is -2.48. The highest BCUT2D eigenvalue weighted by molar-refractivity contribution is 4.65. The van der Waals surface area contributed by atoms with E-state index in [1.807, 2.05) is 0 Å². The summed E-state index contributed by atoms with van der Waals surface area (Å²) in [5.41, 5.74) is 9.76. The van der Waals surface area contributed by atoms with Gasteiger partial charge in [-0.2, -0.15) is 0 Å². The molecule has 0 aliphatic heterocycles. The fraction of sp³-hybridized carbons (Fsp3) is 1.00. The monoisotopic (exact) mass is 132 g/mol. The first-order valence-corrected chi connectivity index (χ1v) is 2.99. The molecule has 0 bridgehead atoms. The van der Waals surface area contributed by atoms with E-state index in [4.69, 9.17) is 16.2 Å². The van der Waals surface area contributed by atoms with Crippen LogP contribution in [0.25, 0.3) is 0 Å². The Labute approximate surface area is 56.4 Å². The third-order valence-electron chi connectivity index (χ3n) is 0.526. The Balaban J connectivity index is 3.75. The van der Waals surface area contributed by atoms with Crippen LogP contribution in [0.4, 0.5) is 0 Å². The Morgan fingerprint density at radius 3 is 1.11 bits per heavy atom. The molecule has 0 fully saturated rings. The number of hydrogen-bond acceptors (Lipinski definition) is 3. The Morgan fingerprint density at radius 2 is 1.11 bits per heavy atom. The van der Waals surface area contributed by atoms with Crippen molar-refractivity contribution in [3.05, 3.63) is 0 Å². The molecule has 0 aliphatic rings. The predicted molar refractivity (Wildman–Crippen MR) is 37.6 cm³/mol. The van der Waals surface area contributed by atoms with Crippen molar-refractivity contribution in [3.8, 4) is 0 Å². The van der Waals surface area contributed by atoms with E-state index in [1.54, 1.807) is 27.7 Å². The summed E-state index contributed by atoms with van der Waals surface area (Å²) in [6.45, 7) is 7.06. The fourth-order valence-corrected chi connectivity index (χ4v) is 0.678. The summed E-state index contributed by atoms with van der Waals surface area (Å²) in [6, 6.07) is 0. The fourth-order valence-electron chi connectivity index (χ4n) is 0.678. The lowest BCUT2D eigenvalue weighted by molar-refractivity contribution is -0.115. The third-order valence-corrected chi connectivity index (χ3v) is 0.526. The van der Waals surface area contributed by atoms with Crippen molar-refractivity contribution in [1.29, 1.82) is 0 Å². The standard InChI is InChI=1S/C6H16N2O/c1-5(2,7)9-6(3,4)8/h7-8H2,1-4H3. The minimum absolute atomic E-state index is 0.641. The second-order valence-electron chi connectivity index (χ2n) is 3.31. The minimum atomic E-state index is -0.641. The van der Waals surface area contributed by atoms with Gasteiger partial charge in [-0.05, 0) is 27.7 Å². The van der Waals surface area contributed by atoms with Crippen LogP contribution in [0, 0.1) is 0 Å². The van der Waals surface area contributed by atoms with E-state index in [2.05, 4.69) is 0 Å². The molecule has 0 aromatic rings. The van der Waals surface area contributed by atoms with Crippen molar-refractivity contribution in [2.45, 2.75) is 39.1 Å². The number of nitrogens with two attached hydrogens (primary N) is 2. The number of rotatable bonds is 2. The van der Waals surface area contributed by atoms with Gasteiger partial charge < -0.3 is 16.2 Å². The molecule has 0 amide bonds. The van der Waals surface area contributed by atoms with E-state index in [0.717, 1.165) is 0 Å². The summed E-state index contributed by atoms with van der Waals surface area (Å²) in [5.74, 6) is 0. The molecular weight excluding hydrogens is 116 g/mol. The van der Waals surface area contributed by atoms with Crippen LogP contribution in [-0.4, -0.2) is 11.4 Å². The first kappa shape index (κ1) is 8.88. The van der Waals surface area contributed by atoms with E-state index >= 15 is 0 Å². The molecular formula is C6H16N2O. The molecule has 0 atom stereocenters. The van der Waals surface area contributed by atoms with Gasteiger partial charge in [0.25, 0.3) is 0 Å². The van der Waals surface area contributed by atoms with Crippen molar-refractivity contribution < 1.29 is 4.74 Å². The highest BCUT2D eigenvalue weighted by atomic mass is 16.5. The molecule has 0 unspecified atom stereocenters. The van der Waals surface area contributed by atoms with E-state index in [-0.39, 0.29) is 0 Å². The summed E-state index contributed by atoms with van der Waals surface area (Å²) in [7, 11) is 0. The molecule has 9 heavy (non-hydrogen) atoms. The quantitative estimate of drug-likeness (QED) is 0.534. The molecule has 3 heteroatoms. The zero-order chi connectivity index (χ0) is 7.71. The smallest absolute Gasteiger partial charge is 0.113 e. The van der Waals surface area contributed by atoms with Crippen LogP contribution < -0.4 is 11.5 Å². The van der Waals surface area contributed by atoms with Crippen LogP contribution in [0.2, 0.25) is 0 Å². The van der Waals surface area contributed by atoms with Crippen LogP contribution in [-0.2, 0) is 4.74 Å². The van der Waals surface area contributed by atoms with Gasteiger partial charge in [0.1, 0.15) is 11.4 Å². The topological polar surface area (TPSA) is 61.3 Å². The lowest BCUT2D eigenvalue weighted by Gasteiger charge is -2.29. The van der Waals surface area contributed by atoms with Crippen molar-refractivity contribution >= 4 is 0 Å². The zero-order valence-corrected chi connectivity index (χ0v) is 6.56. The van der Waals surface area contributed by atoms with Gasteiger partial charge in [0.15, 0.2) is 0 Å². The van der Waals surface area contributed by atoms with Crippen LogP contribution in [0.1, 0.15) is 27.7 Å².